The van der Waals surface area contributed by atoms with E-state index in [0.29, 0.717) is 0 Å². The van der Waals surface area contributed by atoms with Crippen LogP contribution in [-0.4, -0.2) is 0 Å². The fourth-order valence-corrected chi connectivity index (χ4v) is 10.1. The second-order valence-electron chi connectivity index (χ2n) is 17.4. The van der Waals surface area contributed by atoms with Gasteiger partial charge in [0, 0.05) is 27.9 Å². The molecule has 0 radical (unpaired) electrons. The van der Waals surface area contributed by atoms with Crippen LogP contribution < -0.4 is 4.90 Å². The second kappa shape index (κ2) is 13.3. The third kappa shape index (κ3) is 5.60. The highest BCUT2D eigenvalue weighted by atomic mass is 15.1. The number of benzene rings is 9. The second-order valence-corrected chi connectivity index (χ2v) is 17.4. The van der Waals surface area contributed by atoms with Gasteiger partial charge < -0.3 is 4.90 Å². The molecule has 0 saturated heterocycles. The van der Waals surface area contributed by atoms with Crippen LogP contribution in [0, 0.1) is 0 Å². The minimum Gasteiger partial charge on any atom is -0.310 e. The van der Waals surface area contributed by atoms with E-state index in [0.717, 1.165) is 17.1 Å². The van der Waals surface area contributed by atoms with E-state index in [9.17, 15) is 0 Å². The van der Waals surface area contributed by atoms with Gasteiger partial charge in [-0.2, -0.15) is 0 Å². The van der Waals surface area contributed by atoms with Crippen molar-refractivity contribution in [1.29, 1.82) is 0 Å². The topological polar surface area (TPSA) is 3.24 Å². The van der Waals surface area contributed by atoms with Crippen molar-refractivity contribution in [3.8, 4) is 55.6 Å². The predicted molar refractivity (Wildman–Crippen MR) is 250 cm³/mol. The van der Waals surface area contributed by atoms with Crippen LogP contribution in [0.2, 0.25) is 0 Å². The highest BCUT2D eigenvalue weighted by Crippen LogP contribution is 2.57. The number of fused-ring (bicyclic) bond motifs is 7. The van der Waals surface area contributed by atoms with Crippen molar-refractivity contribution in [2.24, 2.45) is 0 Å². The van der Waals surface area contributed by atoms with Gasteiger partial charge in [-0.05, 0) is 143 Å². The first-order valence-corrected chi connectivity index (χ1v) is 20.8. The summed E-state index contributed by atoms with van der Waals surface area (Å²) >= 11 is 0. The molecule has 0 bridgehead atoms. The Balaban J connectivity index is 1.02. The van der Waals surface area contributed by atoms with Crippen LogP contribution in [-0.2, 0) is 10.8 Å². The molecule has 0 atom stereocenters. The number of hydrogen-bond acceptors (Lipinski definition) is 1. The summed E-state index contributed by atoms with van der Waals surface area (Å²) in [7, 11) is 0. The van der Waals surface area contributed by atoms with E-state index in [1.807, 2.05) is 0 Å². The van der Waals surface area contributed by atoms with Gasteiger partial charge in [-0.15, -0.1) is 0 Å². The molecule has 0 heterocycles. The average Bonchev–Trinajstić information content (AvgIpc) is 3.64. The Hall–Kier alpha value is -6.96. The molecule has 0 aromatic heterocycles. The van der Waals surface area contributed by atoms with Gasteiger partial charge in [0.25, 0.3) is 0 Å². The van der Waals surface area contributed by atoms with Crippen LogP contribution in [0.25, 0.3) is 66.4 Å². The summed E-state index contributed by atoms with van der Waals surface area (Å²) in [6.45, 7) is 9.60. The van der Waals surface area contributed by atoms with Crippen molar-refractivity contribution in [2.75, 3.05) is 4.90 Å². The normalized spacial score (nSPS) is 14.0. The quantitative estimate of drug-likeness (QED) is 0.163. The molecule has 59 heavy (non-hydrogen) atoms. The predicted octanol–water partition coefficient (Wildman–Crippen LogP) is 15.9. The summed E-state index contributed by atoms with van der Waals surface area (Å²) in [4.78, 5) is 2.42. The van der Waals surface area contributed by atoms with E-state index in [-0.39, 0.29) is 10.8 Å². The summed E-state index contributed by atoms with van der Waals surface area (Å²) < 4.78 is 0. The molecule has 0 amide bonds. The Kier molecular flexibility index (Phi) is 7.94. The average molecular weight is 756 g/mol. The monoisotopic (exact) mass is 755 g/mol. The van der Waals surface area contributed by atoms with Gasteiger partial charge >= 0.3 is 0 Å². The fraction of sp³-hybridized carbons (Fsp3) is 0.103. The van der Waals surface area contributed by atoms with Crippen molar-refractivity contribution in [2.45, 2.75) is 38.5 Å². The van der Waals surface area contributed by atoms with Gasteiger partial charge in [-0.3, -0.25) is 0 Å². The van der Waals surface area contributed by atoms with Crippen LogP contribution in [0.4, 0.5) is 17.1 Å². The molecule has 0 N–H and O–H groups in total. The lowest BCUT2D eigenvalue weighted by Crippen LogP contribution is -2.17. The van der Waals surface area contributed by atoms with Gasteiger partial charge in [0.2, 0.25) is 0 Å². The van der Waals surface area contributed by atoms with Gasteiger partial charge in [-0.25, -0.2) is 0 Å². The van der Waals surface area contributed by atoms with Crippen molar-refractivity contribution in [3.63, 3.8) is 0 Å². The third-order valence-electron chi connectivity index (χ3n) is 13.3. The molecule has 0 spiro atoms. The maximum absolute atomic E-state index is 2.53. The molecule has 2 aliphatic carbocycles. The summed E-state index contributed by atoms with van der Waals surface area (Å²) in [6, 6.07) is 74.1. The summed E-state index contributed by atoms with van der Waals surface area (Å²) in [5.74, 6) is 0. The zero-order valence-corrected chi connectivity index (χ0v) is 34.0. The summed E-state index contributed by atoms with van der Waals surface area (Å²) in [6.07, 6.45) is 0. The Labute approximate surface area is 347 Å². The molecule has 9 aromatic carbocycles. The van der Waals surface area contributed by atoms with Crippen molar-refractivity contribution < 1.29 is 0 Å². The molecule has 1 nitrogen and oxygen atoms in total. The van der Waals surface area contributed by atoms with Crippen LogP contribution in [0.3, 0.4) is 0 Å². The summed E-state index contributed by atoms with van der Waals surface area (Å²) in [5.41, 5.74) is 21.5. The van der Waals surface area contributed by atoms with E-state index >= 15 is 0 Å². The zero-order chi connectivity index (χ0) is 39.9. The van der Waals surface area contributed by atoms with Gasteiger partial charge in [0.05, 0.1) is 0 Å². The first-order valence-electron chi connectivity index (χ1n) is 20.8. The van der Waals surface area contributed by atoms with Gasteiger partial charge in [-0.1, -0.05) is 173 Å². The van der Waals surface area contributed by atoms with Gasteiger partial charge in [0.15, 0.2) is 0 Å². The fourth-order valence-electron chi connectivity index (χ4n) is 10.1. The van der Waals surface area contributed by atoms with Crippen LogP contribution >= 0.6 is 0 Å². The SMILES string of the molecule is CC1(C)c2ccc(-c3ccccc3)cc2-c2cc3c(cc21)-c1ccc(N(c2ccc(-c4ccccc4)cc2)c2ccc(-c4cccc5ccccc45)cc2)cc1C3(C)C. The van der Waals surface area contributed by atoms with E-state index in [4.69, 9.17) is 0 Å². The number of nitrogens with zero attached hydrogens (tertiary/aromatic N) is 1. The molecular formula is C58H45N. The minimum atomic E-state index is -0.194. The van der Waals surface area contributed by atoms with Gasteiger partial charge in [0.1, 0.15) is 0 Å². The molecule has 11 rings (SSSR count). The van der Waals surface area contributed by atoms with Crippen molar-refractivity contribution in [3.05, 3.63) is 222 Å². The van der Waals surface area contributed by atoms with E-state index in [1.54, 1.807) is 0 Å². The first-order chi connectivity index (χ1) is 28.8. The van der Waals surface area contributed by atoms with Crippen LogP contribution in [0.15, 0.2) is 200 Å². The highest BCUT2D eigenvalue weighted by molar-refractivity contribution is 5.97. The van der Waals surface area contributed by atoms with Crippen molar-refractivity contribution in [1.82, 2.24) is 0 Å². The lowest BCUT2D eigenvalue weighted by Gasteiger charge is -2.28. The van der Waals surface area contributed by atoms with Crippen LogP contribution in [0.1, 0.15) is 49.9 Å². The maximum atomic E-state index is 2.53. The highest BCUT2D eigenvalue weighted by Gasteiger charge is 2.42. The maximum Gasteiger partial charge on any atom is 0.0465 e. The zero-order valence-electron chi connectivity index (χ0n) is 34.0. The molecule has 0 fully saturated rings. The molecule has 282 valence electrons. The molecule has 9 aromatic rings. The summed E-state index contributed by atoms with van der Waals surface area (Å²) in [5, 5.41) is 2.52. The standard InChI is InChI=1S/C58H45N/c1-57(2)53-33-26-43(39-16-9-6-10-17-39)34-50(53)52-37-55-51(36-56(52)57)49-32-31-46(35-54(49)58(55,3)4)59(44-27-22-40(23-28-44)38-14-7-5-8-15-38)45-29-24-42(25-30-45)48-21-13-19-41-18-11-12-20-47(41)48/h5-37H,1-4H3. The number of rotatable bonds is 6. The molecule has 1 heteroatoms. The molecule has 2 aliphatic rings. The lowest BCUT2D eigenvalue weighted by atomic mass is 9.79. The Morgan fingerprint density at radius 1 is 0.288 bits per heavy atom. The molecule has 0 unspecified atom stereocenters. The number of hydrogen-bond donors (Lipinski definition) is 0. The molecule has 0 saturated carbocycles. The van der Waals surface area contributed by atoms with E-state index in [1.165, 1.54) is 88.7 Å². The first kappa shape index (κ1) is 35.2. The molecular weight excluding hydrogens is 711 g/mol. The minimum absolute atomic E-state index is 0.0946. The third-order valence-corrected chi connectivity index (χ3v) is 13.3. The molecule has 0 aliphatic heterocycles. The van der Waals surface area contributed by atoms with E-state index < -0.39 is 0 Å². The van der Waals surface area contributed by atoms with E-state index in [2.05, 4.69) is 233 Å². The largest absolute Gasteiger partial charge is 0.310 e. The van der Waals surface area contributed by atoms with Crippen molar-refractivity contribution >= 4 is 27.8 Å². The van der Waals surface area contributed by atoms with Crippen LogP contribution in [0.5, 0.6) is 0 Å². The Bertz CT molecular complexity index is 3060. The Morgan fingerprint density at radius 2 is 0.763 bits per heavy atom. The number of anilines is 3. The lowest BCUT2D eigenvalue weighted by molar-refractivity contribution is 0.652. The smallest absolute Gasteiger partial charge is 0.0465 e. The Morgan fingerprint density at radius 3 is 1.44 bits per heavy atom.